The Bertz CT molecular complexity index is 811. The maximum Gasteiger partial charge on any atom is 0.341 e. The van der Waals surface area contributed by atoms with E-state index in [2.05, 4.69) is 5.32 Å². The average Bonchev–Trinajstić information content (AvgIpc) is 2.89. The molecule has 4 nitrogen and oxygen atoms in total. The summed E-state index contributed by atoms with van der Waals surface area (Å²) in [5.74, 6) is -0.733. The van der Waals surface area contributed by atoms with E-state index in [4.69, 9.17) is 16.3 Å². The molecule has 0 bridgehead atoms. The summed E-state index contributed by atoms with van der Waals surface area (Å²) >= 11 is 7.45. The van der Waals surface area contributed by atoms with Gasteiger partial charge in [-0.15, -0.1) is 11.3 Å². The Morgan fingerprint density at radius 2 is 2.00 bits per heavy atom. The van der Waals surface area contributed by atoms with Crippen molar-refractivity contribution < 1.29 is 14.3 Å². The SMILES string of the molecule is CCOC(=O)c1c(NC(=O)/C=C\c2ccccc2Cl)sc(C)c1CC. The Morgan fingerprint density at radius 3 is 2.64 bits per heavy atom. The second-order valence-electron chi connectivity index (χ2n) is 5.26. The Balaban J connectivity index is 2.23. The number of esters is 1. The normalized spacial score (nSPS) is 10.9. The first-order valence-electron chi connectivity index (χ1n) is 8.00. The number of aryl methyl sites for hydroxylation is 1. The summed E-state index contributed by atoms with van der Waals surface area (Å²) in [6.45, 7) is 5.95. The minimum atomic E-state index is -0.408. The highest BCUT2D eigenvalue weighted by molar-refractivity contribution is 7.16. The second kappa shape index (κ2) is 8.83. The van der Waals surface area contributed by atoms with Crippen molar-refractivity contribution in [2.45, 2.75) is 27.2 Å². The minimum absolute atomic E-state index is 0.288. The molecule has 2 aromatic rings. The van der Waals surface area contributed by atoms with Crippen LogP contribution >= 0.6 is 22.9 Å². The van der Waals surface area contributed by atoms with Gasteiger partial charge in [-0.25, -0.2) is 4.79 Å². The number of anilines is 1. The molecule has 0 spiro atoms. The smallest absolute Gasteiger partial charge is 0.341 e. The van der Waals surface area contributed by atoms with Gasteiger partial charge in [-0.05, 0) is 43.5 Å². The van der Waals surface area contributed by atoms with E-state index in [-0.39, 0.29) is 12.5 Å². The summed E-state index contributed by atoms with van der Waals surface area (Å²) in [7, 11) is 0. The number of halogens is 1. The van der Waals surface area contributed by atoms with Gasteiger partial charge in [-0.3, -0.25) is 4.79 Å². The molecule has 1 aromatic carbocycles. The van der Waals surface area contributed by atoms with Crippen LogP contribution in [-0.2, 0) is 16.0 Å². The van der Waals surface area contributed by atoms with E-state index < -0.39 is 5.97 Å². The number of thiophene rings is 1. The summed E-state index contributed by atoms with van der Waals surface area (Å²) in [6.07, 6.45) is 3.74. The van der Waals surface area contributed by atoms with Gasteiger partial charge in [0.25, 0.3) is 0 Å². The van der Waals surface area contributed by atoms with Crippen LogP contribution in [0.5, 0.6) is 0 Å². The number of ether oxygens (including phenoxy) is 1. The van der Waals surface area contributed by atoms with Crippen molar-refractivity contribution in [3.63, 3.8) is 0 Å². The summed E-state index contributed by atoms with van der Waals surface area (Å²) in [5.41, 5.74) is 2.11. The fraction of sp³-hybridized carbons (Fsp3) is 0.263. The summed E-state index contributed by atoms with van der Waals surface area (Å²) in [5, 5.41) is 3.87. The zero-order valence-electron chi connectivity index (χ0n) is 14.4. The molecule has 0 unspecified atom stereocenters. The number of carbonyl (C=O) groups is 2. The van der Waals surface area contributed by atoms with Crippen LogP contribution in [0.15, 0.2) is 30.3 Å². The molecule has 2 rings (SSSR count). The third-order valence-corrected chi connectivity index (χ3v) is 5.01. The molecule has 0 aliphatic heterocycles. The van der Waals surface area contributed by atoms with Crippen LogP contribution in [-0.4, -0.2) is 18.5 Å². The topological polar surface area (TPSA) is 55.4 Å². The molecule has 0 aliphatic rings. The van der Waals surface area contributed by atoms with Crippen LogP contribution < -0.4 is 5.32 Å². The van der Waals surface area contributed by atoms with E-state index in [1.54, 1.807) is 19.1 Å². The molecule has 0 saturated heterocycles. The number of hydrogen-bond acceptors (Lipinski definition) is 4. The van der Waals surface area contributed by atoms with Crippen molar-refractivity contribution in [2.75, 3.05) is 11.9 Å². The molecule has 0 aliphatic carbocycles. The van der Waals surface area contributed by atoms with Crippen LogP contribution in [0.3, 0.4) is 0 Å². The van der Waals surface area contributed by atoms with E-state index >= 15 is 0 Å². The van der Waals surface area contributed by atoms with Crippen molar-refractivity contribution in [1.82, 2.24) is 0 Å². The Hall–Kier alpha value is -2.11. The average molecular weight is 378 g/mol. The zero-order valence-corrected chi connectivity index (χ0v) is 16.0. The molecule has 6 heteroatoms. The molecule has 25 heavy (non-hydrogen) atoms. The lowest BCUT2D eigenvalue weighted by Crippen LogP contribution is -2.13. The van der Waals surface area contributed by atoms with Crippen molar-refractivity contribution in [2.24, 2.45) is 0 Å². The van der Waals surface area contributed by atoms with Crippen molar-refractivity contribution in [3.05, 3.63) is 56.9 Å². The van der Waals surface area contributed by atoms with Crippen LogP contribution in [0.1, 0.15) is 40.2 Å². The van der Waals surface area contributed by atoms with Crippen molar-refractivity contribution in [3.8, 4) is 0 Å². The van der Waals surface area contributed by atoms with Gasteiger partial charge in [0.15, 0.2) is 0 Å². The van der Waals surface area contributed by atoms with Crippen LogP contribution in [0.2, 0.25) is 5.02 Å². The third kappa shape index (κ3) is 4.71. The zero-order chi connectivity index (χ0) is 18.4. The molecule has 1 amide bonds. The number of nitrogens with one attached hydrogen (secondary N) is 1. The number of benzene rings is 1. The molecule has 0 radical (unpaired) electrons. The second-order valence-corrected chi connectivity index (χ2v) is 6.89. The fourth-order valence-corrected chi connectivity index (χ4v) is 3.78. The predicted octanol–water partition coefficient (Wildman–Crippen LogP) is 5.10. The highest BCUT2D eigenvalue weighted by Crippen LogP contribution is 2.34. The summed E-state index contributed by atoms with van der Waals surface area (Å²) in [4.78, 5) is 25.5. The van der Waals surface area contributed by atoms with Crippen LogP contribution in [0.25, 0.3) is 6.08 Å². The summed E-state index contributed by atoms with van der Waals surface area (Å²) < 4.78 is 5.13. The minimum Gasteiger partial charge on any atom is -0.462 e. The fourth-order valence-electron chi connectivity index (χ4n) is 2.44. The van der Waals surface area contributed by atoms with Gasteiger partial charge in [-0.2, -0.15) is 0 Å². The monoisotopic (exact) mass is 377 g/mol. The Kier molecular flexibility index (Phi) is 6.79. The van der Waals surface area contributed by atoms with E-state index in [1.165, 1.54) is 17.4 Å². The lowest BCUT2D eigenvalue weighted by atomic mass is 10.1. The molecule has 1 aromatic heterocycles. The Morgan fingerprint density at radius 1 is 1.28 bits per heavy atom. The van der Waals surface area contributed by atoms with Gasteiger partial charge < -0.3 is 10.1 Å². The van der Waals surface area contributed by atoms with Gasteiger partial charge in [-0.1, -0.05) is 36.7 Å². The molecule has 1 heterocycles. The lowest BCUT2D eigenvalue weighted by Gasteiger charge is -2.06. The molecule has 0 atom stereocenters. The standard InChI is InChI=1S/C19H20ClNO3S/c1-4-14-12(3)25-18(17(14)19(23)24-5-2)21-16(22)11-10-13-8-6-7-9-15(13)20/h6-11H,4-5H2,1-3H3,(H,21,22)/b11-10-. The lowest BCUT2D eigenvalue weighted by molar-refractivity contribution is -0.111. The van der Waals surface area contributed by atoms with Gasteiger partial charge in [0, 0.05) is 16.0 Å². The maximum absolute atomic E-state index is 12.3. The first-order chi connectivity index (χ1) is 12.0. The first kappa shape index (κ1) is 19.2. The number of carbonyl (C=O) groups excluding carboxylic acids is 2. The van der Waals surface area contributed by atoms with E-state index in [9.17, 15) is 9.59 Å². The first-order valence-corrected chi connectivity index (χ1v) is 9.20. The molecule has 0 fully saturated rings. The number of amides is 1. The van der Waals surface area contributed by atoms with Crippen molar-refractivity contribution >= 4 is 45.9 Å². The molecule has 0 saturated carbocycles. The number of hydrogen-bond donors (Lipinski definition) is 1. The van der Waals surface area contributed by atoms with E-state index in [1.807, 2.05) is 32.0 Å². The highest BCUT2D eigenvalue weighted by Gasteiger charge is 2.22. The van der Waals surface area contributed by atoms with E-state index in [0.717, 1.165) is 16.0 Å². The molecular formula is C19H20ClNO3S. The molecule has 132 valence electrons. The van der Waals surface area contributed by atoms with Gasteiger partial charge in [0.05, 0.1) is 12.2 Å². The predicted molar refractivity (Wildman–Crippen MR) is 104 cm³/mol. The largest absolute Gasteiger partial charge is 0.462 e. The highest BCUT2D eigenvalue weighted by atomic mass is 35.5. The van der Waals surface area contributed by atoms with Crippen LogP contribution in [0, 0.1) is 6.92 Å². The number of rotatable bonds is 6. The van der Waals surface area contributed by atoms with Crippen molar-refractivity contribution in [1.29, 1.82) is 0 Å². The summed E-state index contributed by atoms with van der Waals surface area (Å²) in [6, 6.07) is 7.25. The maximum atomic E-state index is 12.3. The quantitative estimate of drug-likeness (QED) is 0.562. The van der Waals surface area contributed by atoms with Gasteiger partial charge >= 0.3 is 5.97 Å². The van der Waals surface area contributed by atoms with Gasteiger partial charge in [0.1, 0.15) is 5.00 Å². The van der Waals surface area contributed by atoms with E-state index in [0.29, 0.717) is 22.0 Å². The van der Waals surface area contributed by atoms with Gasteiger partial charge in [0.2, 0.25) is 5.91 Å². The third-order valence-electron chi connectivity index (χ3n) is 3.60. The molecular weight excluding hydrogens is 358 g/mol. The Labute approximate surface area is 156 Å². The molecule has 1 N–H and O–H groups in total. The van der Waals surface area contributed by atoms with Crippen LogP contribution in [0.4, 0.5) is 5.00 Å².